The number of carbonyl (C=O) groups excluding carboxylic acids is 1. The van der Waals surface area contributed by atoms with Gasteiger partial charge in [0.05, 0.1) is 14.2 Å². The Morgan fingerprint density at radius 3 is 3.00 bits per heavy atom. The molecule has 2 heterocycles. The van der Waals surface area contributed by atoms with Crippen LogP contribution < -0.4 is 5.32 Å². The molecular formula is C12H17BrN2O3. The number of halogens is 1. The van der Waals surface area contributed by atoms with E-state index in [1.807, 2.05) is 6.08 Å². The first-order chi connectivity index (χ1) is 8.65. The molecule has 2 rings (SSSR count). The summed E-state index contributed by atoms with van der Waals surface area (Å²) in [5.41, 5.74) is 0. The molecule has 6 heteroatoms. The van der Waals surface area contributed by atoms with Gasteiger partial charge >= 0.3 is 5.97 Å². The Kier molecular flexibility index (Phi) is 4.40. The molecule has 1 fully saturated rings. The van der Waals surface area contributed by atoms with Gasteiger partial charge in [-0.2, -0.15) is 0 Å². The number of rotatable bonds is 2. The summed E-state index contributed by atoms with van der Waals surface area (Å²) < 4.78 is 10.9. The molecule has 2 aliphatic heterocycles. The summed E-state index contributed by atoms with van der Waals surface area (Å²) in [6.45, 7) is 0.790. The topological polar surface area (TPSA) is 59.9 Å². The number of ether oxygens (including phenoxy) is 2. The third-order valence-electron chi connectivity index (χ3n) is 3.50. The Morgan fingerprint density at radius 1 is 1.56 bits per heavy atom. The molecule has 1 saturated heterocycles. The molecule has 0 spiro atoms. The van der Waals surface area contributed by atoms with Gasteiger partial charge in [-0.05, 0) is 41.2 Å². The zero-order chi connectivity index (χ0) is 13.1. The second-order valence-corrected chi connectivity index (χ2v) is 5.32. The van der Waals surface area contributed by atoms with Gasteiger partial charge in [0.25, 0.3) is 0 Å². The first-order valence-electron chi connectivity index (χ1n) is 5.95. The number of aliphatic imine (C=N–C) groups is 1. The number of nitrogens with one attached hydrogen (secondary N) is 1. The van der Waals surface area contributed by atoms with Crippen LogP contribution in [-0.2, 0) is 14.3 Å². The predicted octanol–water partition coefficient (Wildman–Crippen LogP) is 1.44. The van der Waals surface area contributed by atoms with Crippen LogP contribution in [0.1, 0.15) is 12.8 Å². The average Bonchev–Trinajstić information content (AvgIpc) is 2.87. The van der Waals surface area contributed by atoms with Crippen LogP contribution in [0.15, 0.2) is 15.7 Å². The maximum absolute atomic E-state index is 11.5. The van der Waals surface area contributed by atoms with E-state index >= 15 is 0 Å². The van der Waals surface area contributed by atoms with Crippen molar-refractivity contribution < 1.29 is 14.3 Å². The molecule has 18 heavy (non-hydrogen) atoms. The van der Waals surface area contributed by atoms with Gasteiger partial charge in [0.2, 0.25) is 0 Å². The highest BCUT2D eigenvalue weighted by Gasteiger charge is 2.37. The minimum absolute atomic E-state index is 0.194. The zero-order valence-corrected chi connectivity index (χ0v) is 12.1. The standard InChI is InChI=1S/C12H17BrN2O3/c1-17-11-8(3-4-10(13)15-11)7-5-9(14-6-7)12(16)18-2/h4,7-9,14H,3,5-6H2,1-2H3/t7-,8?,9+/m1/s1. The fourth-order valence-electron chi connectivity index (χ4n) is 2.54. The smallest absolute Gasteiger partial charge is 0.322 e. The SMILES string of the molecule is COC(=O)[C@@H]1C[C@@H](C2CC=C(Br)N=C2OC)CN1. The van der Waals surface area contributed by atoms with E-state index in [0.717, 1.165) is 29.9 Å². The van der Waals surface area contributed by atoms with Crippen molar-refractivity contribution in [2.75, 3.05) is 20.8 Å². The lowest BCUT2D eigenvalue weighted by Gasteiger charge is -2.24. The van der Waals surface area contributed by atoms with Crippen molar-refractivity contribution in [1.82, 2.24) is 5.32 Å². The Labute approximate surface area is 115 Å². The van der Waals surface area contributed by atoms with Crippen molar-refractivity contribution in [2.24, 2.45) is 16.8 Å². The van der Waals surface area contributed by atoms with Crippen LogP contribution >= 0.6 is 15.9 Å². The molecule has 0 aromatic rings. The lowest BCUT2D eigenvalue weighted by Crippen LogP contribution is -2.31. The van der Waals surface area contributed by atoms with E-state index in [1.165, 1.54) is 7.11 Å². The largest absolute Gasteiger partial charge is 0.484 e. The highest BCUT2D eigenvalue weighted by atomic mass is 79.9. The van der Waals surface area contributed by atoms with Crippen molar-refractivity contribution >= 4 is 27.8 Å². The van der Waals surface area contributed by atoms with Crippen LogP contribution in [-0.4, -0.2) is 38.7 Å². The van der Waals surface area contributed by atoms with Crippen molar-refractivity contribution in [3.05, 3.63) is 10.7 Å². The molecule has 0 aliphatic carbocycles. The van der Waals surface area contributed by atoms with Crippen molar-refractivity contribution in [3.63, 3.8) is 0 Å². The van der Waals surface area contributed by atoms with Crippen LogP contribution in [0.5, 0.6) is 0 Å². The summed E-state index contributed by atoms with van der Waals surface area (Å²) in [5, 5.41) is 3.19. The van der Waals surface area contributed by atoms with Crippen LogP contribution in [0.3, 0.4) is 0 Å². The van der Waals surface area contributed by atoms with Crippen LogP contribution in [0, 0.1) is 11.8 Å². The lowest BCUT2D eigenvalue weighted by atomic mass is 9.86. The highest BCUT2D eigenvalue weighted by Crippen LogP contribution is 2.32. The zero-order valence-electron chi connectivity index (χ0n) is 10.5. The maximum atomic E-state index is 11.5. The van der Waals surface area contributed by atoms with Gasteiger partial charge in [-0.1, -0.05) is 6.08 Å². The highest BCUT2D eigenvalue weighted by molar-refractivity contribution is 9.11. The van der Waals surface area contributed by atoms with Crippen molar-refractivity contribution in [1.29, 1.82) is 0 Å². The van der Waals surface area contributed by atoms with Gasteiger partial charge in [-0.25, -0.2) is 4.99 Å². The molecule has 1 N–H and O–H groups in total. The van der Waals surface area contributed by atoms with Gasteiger partial charge in [0.15, 0.2) is 5.90 Å². The summed E-state index contributed by atoms with van der Waals surface area (Å²) in [6.07, 6.45) is 3.69. The van der Waals surface area contributed by atoms with Gasteiger partial charge < -0.3 is 14.8 Å². The Hall–Kier alpha value is -0.880. The van der Waals surface area contributed by atoms with Gasteiger partial charge in [0.1, 0.15) is 10.6 Å². The van der Waals surface area contributed by atoms with E-state index in [-0.39, 0.29) is 17.9 Å². The molecule has 0 radical (unpaired) electrons. The van der Waals surface area contributed by atoms with E-state index in [0.29, 0.717) is 5.92 Å². The summed E-state index contributed by atoms with van der Waals surface area (Å²) in [6, 6.07) is -0.201. The summed E-state index contributed by atoms with van der Waals surface area (Å²) in [5.74, 6) is 1.13. The summed E-state index contributed by atoms with van der Waals surface area (Å²) in [7, 11) is 3.05. The minimum Gasteiger partial charge on any atom is -0.484 e. The molecule has 3 atom stereocenters. The lowest BCUT2D eigenvalue weighted by molar-refractivity contribution is -0.142. The quantitative estimate of drug-likeness (QED) is 0.618. The normalized spacial score (nSPS) is 31.6. The third-order valence-corrected chi connectivity index (χ3v) is 4.00. The molecule has 2 aliphatic rings. The molecule has 0 amide bonds. The second kappa shape index (κ2) is 5.84. The Bertz CT molecular complexity index is 395. The summed E-state index contributed by atoms with van der Waals surface area (Å²) >= 11 is 3.36. The summed E-state index contributed by atoms with van der Waals surface area (Å²) in [4.78, 5) is 15.8. The molecule has 0 aromatic carbocycles. The fourth-order valence-corrected chi connectivity index (χ4v) is 2.90. The number of nitrogens with zero attached hydrogens (tertiary/aromatic N) is 1. The van der Waals surface area contributed by atoms with E-state index in [4.69, 9.17) is 9.47 Å². The molecular weight excluding hydrogens is 300 g/mol. The maximum Gasteiger partial charge on any atom is 0.322 e. The molecule has 0 bridgehead atoms. The van der Waals surface area contributed by atoms with E-state index in [2.05, 4.69) is 26.2 Å². The third kappa shape index (κ3) is 2.75. The van der Waals surface area contributed by atoms with Crippen LogP contribution in [0.25, 0.3) is 0 Å². The first kappa shape index (κ1) is 13.5. The van der Waals surface area contributed by atoms with Gasteiger partial charge in [0, 0.05) is 5.92 Å². The van der Waals surface area contributed by atoms with E-state index in [1.54, 1.807) is 7.11 Å². The van der Waals surface area contributed by atoms with Gasteiger partial charge in [-0.15, -0.1) is 0 Å². The first-order valence-corrected chi connectivity index (χ1v) is 6.74. The van der Waals surface area contributed by atoms with Gasteiger partial charge in [-0.3, -0.25) is 4.79 Å². The monoisotopic (exact) mass is 316 g/mol. The van der Waals surface area contributed by atoms with E-state index in [9.17, 15) is 4.79 Å². The molecule has 100 valence electrons. The Morgan fingerprint density at radius 2 is 2.33 bits per heavy atom. The van der Waals surface area contributed by atoms with E-state index < -0.39 is 0 Å². The van der Waals surface area contributed by atoms with Crippen LogP contribution in [0.4, 0.5) is 0 Å². The molecule has 1 unspecified atom stereocenters. The number of hydrogen-bond acceptors (Lipinski definition) is 5. The number of carbonyl (C=O) groups is 1. The van der Waals surface area contributed by atoms with Crippen LogP contribution in [0.2, 0.25) is 0 Å². The molecule has 5 nitrogen and oxygen atoms in total. The number of methoxy groups -OCH3 is 2. The fraction of sp³-hybridized carbons (Fsp3) is 0.667. The van der Waals surface area contributed by atoms with Crippen molar-refractivity contribution in [3.8, 4) is 0 Å². The number of esters is 1. The second-order valence-electron chi connectivity index (χ2n) is 4.50. The molecule has 0 saturated carbocycles. The number of allylic oxidation sites excluding steroid dienone is 1. The number of hydrogen-bond donors (Lipinski definition) is 1. The molecule has 0 aromatic heterocycles. The Balaban J connectivity index is 2.02. The predicted molar refractivity (Wildman–Crippen MR) is 71.5 cm³/mol. The van der Waals surface area contributed by atoms with Crippen molar-refractivity contribution in [2.45, 2.75) is 18.9 Å². The minimum atomic E-state index is -0.201. The average molecular weight is 317 g/mol.